The lowest BCUT2D eigenvalue weighted by Crippen LogP contribution is -2.30. The second-order valence-electron chi connectivity index (χ2n) is 3.64. The second kappa shape index (κ2) is 4.51. The monoisotopic (exact) mass is 286 g/mol. The lowest BCUT2D eigenvalue weighted by molar-refractivity contribution is 0.426. The van der Waals surface area contributed by atoms with Crippen LogP contribution in [-0.2, 0) is 0 Å². The van der Waals surface area contributed by atoms with Gasteiger partial charge in [0, 0.05) is 5.02 Å². The van der Waals surface area contributed by atoms with Crippen LogP contribution in [-0.4, -0.2) is 14.7 Å². The standard InChI is InChI=1S/C11H8Cl2N2O3/c1-5-9(16)14-11(18)15(10(5)17)8-3-2-6(12)4-7(8)13/h2-4,17H,1H3,(H,14,16,18). The van der Waals surface area contributed by atoms with E-state index in [1.165, 1.54) is 25.1 Å². The molecule has 0 aliphatic carbocycles. The summed E-state index contributed by atoms with van der Waals surface area (Å²) in [6, 6.07) is 4.43. The highest BCUT2D eigenvalue weighted by Crippen LogP contribution is 2.26. The minimum absolute atomic E-state index is 0.0283. The van der Waals surface area contributed by atoms with E-state index in [2.05, 4.69) is 4.98 Å². The van der Waals surface area contributed by atoms with Crippen molar-refractivity contribution in [1.82, 2.24) is 9.55 Å². The third kappa shape index (κ3) is 2.02. The van der Waals surface area contributed by atoms with Crippen molar-refractivity contribution in [1.29, 1.82) is 0 Å². The van der Waals surface area contributed by atoms with Crippen LogP contribution in [0.2, 0.25) is 10.0 Å². The summed E-state index contributed by atoms with van der Waals surface area (Å²) in [5.74, 6) is -0.451. The number of benzene rings is 1. The molecule has 7 heteroatoms. The van der Waals surface area contributed by atoms with Crippen molar-refractivity contribution in [3.8, 4) is 11.6 Å². The van der Waals surface area contributed by atoms with Gasteiger partial charge in [-0.3, -0.25) is 9.78 Å². The Morgan fingerprint density at radius 2 is 1.94 bits per heavy atom. The van der Waals surface area contributed by atoms with E-state index in [4.69, 9.17) is 23.2 Å². The smallest absolute Gasteiger partial charge is 0.335 e. The summed E-state index contributed by atoms with van der Waals surface area (Å²) >= 11 is 11.7. The third-order valence-corrected chi connectivity index (χ3v) is 3.00. The SMILES string of the molecule is Cc1c(O)n(-c2ccc(Cl)cc2Cl)c(=O)[nH]c1=O. The molecule has 94 valence electrons. The lowest BCUT2D eigenvalue weighted by Gasteiger charge is -2.11. The number of nitrogens with zero attached hydrogens (tertiary/aromatic N) is 1. The van der Waals surface area contributed by atoms with Gasteiger partial charge < -0.3 is 5.11 Å². The fraction of sp³-hybridized carbons (Fsp3) is 0.0909. The molecule has 0 amide bonds. The van der Waals surface area contributed by atoms with Crippen LogP contribution in [0.4, 0.5) is 0 Å². The van der Waals surface area contributed by atoms with E-state index in [0.29, 0.717) is 5.02 Å². The Morgan fingerprint density at radius 1 is 1.28 bits per heavy atom. The van der Waals surface area contributed by atoms with Crippen LogP contribution >= 0.6 is 23.2 Å². The molecule has 5 nitrogen and oxygen atoms in total. The van der Waals surface area contributed by atoms with Crippen molar-refractivity contribution in [2.75, 3.05) is 0 Å². The van der Waals surface area contributed by atoms with E-state index >= 15 is 0 Å². The summed E-state index contributed by atoms with van der Waals surface area (Å²) in [5.41, 5.74) is -1.14. The Morgan fingerprint density at radius 3 is 2.56 bits per heavy atom. The van der Waals surface area contributed by atoms with E-state index < -0.39 is 17.1 Å². The van der Waals surface area contributed by atoms with Crippen LogP contribution in [0.1, 0.15) is 5.56 Å². The van der Waals surface area contributed by atoms with E-state index in [0.717, 1.165) is 4.57 Å². The summed E-state index contributed by atoms with van der Waals surface area (Å²) in [7, 11) is 0. The van der Waals surface area contributed by atoms with E-state index in [-0.39, 0.29) is 16.3 Å². The predicted octanol–water partition coefficient (Wildman–Crippen LogP) is 1.85. The van der Waals surface area contributed by atoms with Gasteiger partial charge in [-0.25, -0.2) is 9.36 Å². The van der Waals surface area contributed by atoms with Crippen LogP contribution in [0.15, 0.2) is 27.8 Å². The highest BCUT2D eigenvalue weighted by atomic mass is 35.5. The number of halogens is 2. The minimum Gasteiger partial charge on any atom is -0.494 e. The topological polar surface area (TPSA) is 75.1 Å². The van der Waals surface area contributed by atoms with Crippen molar-refractivity contribution in [3.63, 3.8) is 0 Å². The molecule has 0 atom stereocenters. The fourth-order valence-electron chi connectivity index (χ4n) is 1.50. The van der Waals surface area contributed by atoms with Gasteiger partial charge in [0.1, 0.15) is 0 Å². The van der Waals surface area contributed by atoms with Gasteiger partial charge in [0.2, 0.25) is 5.88 Å². The number of aromatic hydroxyl groups is 1. The van der Waals surface area contributed by atoms with Crippen LogP contribution in [0, 0.1) is 6.92 Å². The molecule has 0 saturated carbocycles. The second-order valence-corrected chi connectivity index (χ2v) is 4.48. The molecule has 0 radical (unpaired) electrons. The Hall–Kier alpha value is -1.72. The molecule has 1 heterocycles. The first-order chi connectivity index (χ1) is 8.41. The molecule has 0 unspecified atom stereocenters. The van der Waals surface area contributed by atoms with Gasteiger partial charge in [-0.1, -0.05) is 23.2 Å². The molecular weight excluding hydrogens is 279 g/mol. The number of hydrogen-bond acceptors (Lipinski definition) is 3. The molecule has 1 aromatic carbocycles. The zero-order chi connectivity index (χ0) is 13.4. The summed E-state index contributed by atoms with van der Waals surface area (Å²) in [5, 5.41) is 10.4. The predicted molar refractivity (Wildman–Crippen MR) is 69.1 cm³/mol. The number of nitrogens with one attached hydrogen (secondary N) is 1. The molecule has 18 heavy (non-hydrogen) atoms. The quantitative estimate of drug-likeness (QED) is 0.840. The molecule has 1 aromatic heterocycles. The molecule has 0 bridgehead atoms. The van der Waals surface area contributed by atoms with Gasteiger partial charge in [0.05, 0.1) is 16.3 Å². The van der Waals surface area contributed by atoms with Crippen molar-refractivity contribution in [2.45, 2.75) is 6.92 Å². The maximum atomic E-state index is 11.7. The highest BCUT2D eigenvalue weighted by molar-refractivity contribution is 6.35. The minimum atomic E-state index is -0.771. The van der Waals surface area contributed by atoms with Crippen LogP contribution in [0.3, 0.4) is 0 Å². The summed E-state index contributed by atoms with van der Waals surface area (Å²) < 4.78 is 0.912. The molecule has 0 fully saturated rings. The zero-order valence-corrected chi connectivity index (χ0v) is 10.7. The third-order valence-electron chi connectivity index (χ3n) is 2.46. The Labute approximate surface area is 111 Å². The first kappa shape index (κ1) is 12.7. The zero-order valence-electron chi connectivity index (χ0n) is 9.20. The van der Waals surface area contributed by atoms with Gasteiger partial charge in [-0.15, -0.1) is 0 Å². The molecule has 2 aromatic rings. The van der Waals surface area contributed by atoms with Crippen LogP contribution in [0.25, 0.3) is 5.69 Å². The van der Waals surface area contributed by atoms with E-state index in [1.807, 2.05) is 0 Å². The highest BCUT2D eigenvalue weighted by Gasteiger charge is 2.14. The molecule has 0 aliphatic heterocycles. The fourth-order valence-corrected chi connectivity index (χ4v) is 1.99. The molecule has 0 saturated heterocycles. The summed E-state index contributed by atoms with van der Waals surface area (Å²) in [6.45, 7) is 1.40. The average molecular weight is 287 g/mol. The molecular formula is C11H8Cl2N2O3. The van der Waals surface area contributed by atoms with Crippen LogP contribution in [0.5, 0.6) is 5.88 Å². The van der Waals surface area contributed by atoms with Crippen molar-refractivity contribution in [3.05, 3.63) is 54.6 Å². The van der Waals surface area contributed by atoms with Crippen molar-refractivity contribution >= 4 is 23.2 Å². The number of H-pyrrole nitrogens is 1. The maximum Gasteiger partial charge on any atom is 0.335 e. The largest absolute Gasteiger partial charge is 0.494 e. The molecule has 0 spiro atoms. The number of rotatable bonds is 1. The summed E-state index contributed by atoms with van der Waals surface area (Å²) in [6.07, 6.45) is 0. The van der Waals surface area contributed by atoms with E-state index in [1.54, 1.807) is 0 Å². The van der Waals surface area contributed by atoms with Crippen LogP contribution < -0.4 is 11.2 Å². The van der Waals surface area contributed by atoms with Crippen molar-refractivity contribution < 1.29 is 5.11 Å². The van der Waals surface area contributed by atoms with Gasteiger partial charge in [0.25, 0.3) is 5.56 Å². The first-order valence-electron chi connectivity index (χ1n) is 4.92. The Bertz CT molecular complexity index is 734. The van der Waals surface area contributed by atoms with Gasteiger partial charge in [-0.05, 0) is 25.1 Å². The Balaban J connectivity index is 2.84. The first-order valence-corrected chi connectivity index (χ1v) is 5.67. The lowest BCUT2D eigenvalue weighted by atomic mass is 10.3. The molecule has 2 rings (SSSR count). The van der Waals surface area contributed by atoms with Gasteiger partial charge in [-0.2, -0.15) is 0 Å². The number of hydrogen-bond donors (Lipinski definition) is 2. The number of aromatic nitrogens is 2. The summed E-state index contributed by atoms with van der Waals surface area (Å²) in [4.78, 5) is 25.1. The average Bonchev–Trinajstić information content (AvgIpc) is 2.29. The van der Waals surface area contributed by atoms with Gasteiger partial charge >= 0.3 is 5.69 Å². The van der Waals surface area contributed by atoms with Crippen molar-refractivity contribution in [2.24, 2.45) is 0 Å². The normalized spacial score (nSPS) is 10.6. The van der Waals surface area contributed by atoms with E-state index in [9.17, 15) is 14.7 Å². The number of aromatic amines is 1. The van der Waals surface area contributed by atoms with Gasteiger partial charge in [0.15, 0.2) is 0 Å². The molecule has 2 N–H and O–H groups in total. The molecule has 0 aliphatic rings. The maximum absolute atomic E-state index is 11.7. The Kier molecular flexibility index (Phi) is 3.19.